The number of nitrogens with two attached hydrogens (primary N) is 1. The molecule has 9 heteroatoms. The molecule has 0 saturated heterocycles. The summed E-state index contributed by atoms with van der Waals surface area (Å²) in [6.07, 6.45) is 4.64. The number of hydrogen-bond acceptors (Lipinski definition) is 5. The fourth-order valence-corrected chi connectivity index (χ4v) is 3.67. The molecule has 0 aliphatic rings. The van der Waals surface area contributed by atoms with Crippen molar-refractivity contribution >= 4 is 45.7 Å². The third-order valence-electron chi connectivity index (χ3n) is 5.07. The number of hydrogen-bond donors (Lipinski definition) is 3. The highest BCUT2D eigenvalue weighted by atomic mass is 35.5. The highest BCUT2D eigenvalue weighted by molar-refractivity contribution is 6.44. The lowest BCUT2D eigenvalue weighted by atomic mass is 10.0. The number of pyridine rings is 2. The molecule has 0 spiro atoms. The van der Waals surface area contributed by atoms with Crippen molar-refractivity contribution in [1.29, 1.82) is 0 Å². The third-order valence-corrected chi connectivity index (χ3v) is 5.31. The van der Waals surface area contributed by atoms with Crippen LogP contribution in [0, 0.1) is 5.82 Å². The summed E-state index contributed by atoms with van der Waals surface area (Å²) >= 11 is 6.05. The Morgan fingerprint density at radius 1 is 1.16 bits per heavy atom. The van der Waals surface area contributed by atoms with Crippen molar-refractivity contribution < 1.29 is 14.0 Å². The van der Waals surface area contributed by atoms with Crippen LogP contribution in [0.5, 0.6) is 0 Å². The number of aromatic amines is 1. The monoisotopic (exact) mass is 451 g/mol. The van der Waals surface area contributed by atoms with Crippen LogP contribution < -0.4 is 11.1 Å². The van der Waals surface area contributed by atoms with Crippen molar-refractivity contribution in [2.45, 2.75) is 19.8 Å². The van der Waals surface area contributed by atoms with E-state index in [1.54, 1.807) is 24.5 Å². The van der Waals surface area contributed by atoms with Gasteiger partial charge in [-0.25, -0.2) is 9.37 Å². The Kier molecular flexibility index (Phi) is 5.63. The van der Waals surface area contributed by atoms with E-state index < -0.39 is 17.5 Å². The zero-order chi connectivity index (χ0) is 23.0. The molecule has 4 N–H and O–H groups in total. The van der Waals surface area contributed by atoms with Gasteiger partial charge in [0.2, 0.25) is 0 Å². The number of ketones is 1. The van der Waals surface area contributed by atoms with Crippen molar-refractivity contribution in [2.24, 2.45) is 5.73 Å². The smallest absolute Gasteiger partial charge is 0.289 e. The summed E-state index contributed by atoms with van der Waals surface area (Å²) in [5.74, 6) is -2.24. The number of nitrogens with one attached hydrogen (secondary N) is 2. The number of nitrogens with zero attached hydrogens (tertiary/aromatic N) is 2. The standard InChI is InChI=1S/C23H19ClFN5O2/c1-11(2)14-9-28-18(13-7-12(24)3-4-16(13)25)8-19(14)30-17-5-6-27-23-20(17)15(10-29-23)21(31)22(26)32/h3-11H,1-2H3,(H2,26,32)(H2,27,28,29,30). The lowest BCUT2D eigenvalue weighted by molar-refractivity contribution is -0.114. The Morgan fingerprint density at radius 3 is 2.66 bits per heavy atom. The number of aromatic nitrogens is 3. The Morgan fingerprint density at radius 2 is 1.94 bits per heavy atom. The minimum absolute atomic E-state index is 0.0959. The molecular weight excluding hydrogens is 433 g/mol. The van der Waals surface area contributed by atoms with Crippen molar-refractivity contribution in [2.75, 3.05) is 5.32 Å². The minimum Gasteiger partial charge on any atom is -0.363 e. The van der Waals surface area contributed by atoms with Crippen LogP contribution in [-0.4, -0.2) is 26.6 Å². The van der Waals surface area contributed by atoms with E-state index in [2.05, 4.69) is 20.3 Å². The van der Waals surface area contributed by atoms with Crippen molar-refractivity contribution in [3.8, 4) is 11.3 Å². The van der Waals surface area contributed by atoms with E-state index in [1.807, 2.05) is 13.8 Å². The molecule has 0 unspecified atom stereocenters. The Hall–Kier alpha value is -3.78. The summed E-state index contributed by atoms with van der Waals surface area (Å²) in [5.41, 5.74) is 8.46. The molecule has 3 heterocycles. The Balaban J connectivity index is 1.86. The first-order chi connectivity index (χ1) is 15.3. The van der Waals surface area contributed by atoms with E-state index in [1.165, 1.54) is 24.4 Å². The number of anilines is 2. The number of carbonyl (C=O) groups is 2. The number of fused-ring (bicyclic) bond motifs is 1. The van der Waals surface area contributed by atoms with Crippen LogP contribution in [0.4, 0.5) is 15.8 Å². The molecule has 1 aromatic carbocycles. The van der Waals surface area contributed by atoms with Gasteiger partial charge in [-0.3, -0.25) is 14.6 Å². The predicted octanol–water partition coefficient (Wildman–Crippen LogP) is 4.95. The zero-order valence-electron chi connectivity index (χ0n) is 17.2. The summed E-state index contributed by atoms with van der Waals surface area (Å²) < 4.78 is 14.4. The van der Waals surface area contributed by atoms with Gasteiger partial charge in [0.25, 0.3) is 11.7 Å². The molecule has 0 atom stereocenters. The number of primary amides is 1. The molecule has 7 nitrogen and oxygen atoms in total. The second kappa shape index (κ2) is 8.39. The normalized spacial score (nSPS) is 11.2. The summed E-state index contributed by atoms with van der Waals surface area (Å²) in [6, 6.07) is 7.67. The number of carbonyl (C=O) groups excluding carboxylic acids is 2. The predicted molar refractivity (Wildman–Crippen MR) is 122 cm³/mol. The number of rotatable bonds is 6. The summed E-state index contributed by atoms with van der Waals surface area (Å²) in [5, 5.41) is 4.12. The Labute approximate surface area is 187 Å². The topological polar surface area (TPSA) is 114 Å². The molecule has 32 heavy (non-hydrogen) atoms. The van der Waals surface area contributed by atoms with Gasteiger partial charge >= 0.3 is 0 Å². The minimum atomic E-state index is -1.06. The molecule has 3 aromatic heterocycles. The number of H-pyrrole nitrogens is 1. The SMILES string of the molecule is CC(C)c1cnc(-c2cc(Cl)ccc2F)cc1Nc1ccnc2[nH]cc(C(=O)C(N)=O)c12. The lowest BCUT2D eigenvalue weighted by Gasteiger charge is -2.17. The van der Waals surface area contributed by atoms with Crippen LogP contribution in [0.15, 0.2) is 48.9 Å². The van der Waals surface area contributed by atoms with E-state index in [4.69, 9.17) is 17.3 Å². The van der Waals surface area contributed by atoms with E-state index >= 15 is 0 Å². The molecule has 4 rings (SSSR count). The highest BCUT2D eigenvalue weighted by Gasteiger charge is 2.21. The van der Waals surface area contributed by atoms with Gasteiger partial charge in [0.15, 0.2) is 0 Å². The zero-order valence-corrected chi connectivity index (χ0v) is 18.0. The quantitative estimate of drug-likeness (QED) is 0.283. The van der Waals surface area contributed by atoms with Gasteiger partial charge in [-0.2, -0.15) is 0 Å². The fourth-order valence-electron chi connectivity index (χ4n) is 3.49. The largest absolute Gasteiger partial charge is 0.363 e. The van der Waals surface area contributed by atoms with Gasteiger partial charge in [0, 0.05) is 34.9 Å². The molecule has 162 valence electrons. The van der Waals surface area contributed by atoms with Crippen molar-refractivity contribution in [1.82, 2.24) is 15.0 Å². The van der Waals surface area contributed by atoms with Crippen molar-refractivity contribution in [3.63, 3.8) is 0 Å². The van der Waals surface area contributed by atoms with Gasteiger partial charge in [-0.15, -0.1) is 0 Å². The van der Waals surface area contributed by atoms with E-state index in [9.17, 15) is 14.0 Å². The molecular formula is C23H19ClFN5O2. The fraction of sp³-hybridized carbons (Fsp3) is 0.130. The molecule has 0 bridgehead atoms. The van der Waals surface area contributed by atoms with E-state index in [0.717, 1.165) is 5.56 Å². The summed E-state index contributed by atoms with van der Waals surface area (Å²) in [4.78, 5) is 35.3. The number of halogens is 2. The molecule has 0 fully saturated rings. The number of Topliss-reactive ketones (excluding diaryl/α,β-unsaturated/α-hetero) is 1. The van der Waals surface area contributed by atoms with Crippen LogP contribution in [0.25, 0.3) is 22.3 Å². The van der Waals surface area contributed by atoms with Crippen LogP contribution in [-0.2, 0) is 4.79 Å². The maximum atomic E-state index is 14.4. The first-order valence-electron chi connectivity index (χ1n) is 9.79. The maximum Gasteiger partial charge on any atom is 0.289 e. The van der Waals surface area contributed by atoms with E-state index in [-0.39, 0.29) is 17.0 Å². The van der Waals surface area contributed by atoms with Crippen LogP contribution in [0.1, 0.15) is 35.7 Å². The Bertz CT molecular complexity index is 1370. The molecule has 4 aromatic rings. The first-order valence-corrected chi connectivity index (χ1v) is 10.2. The van der Waals surface area contributed by atoms with Gasteiger partial charge in [-0.1, -0.05) is 25.4 Å². The molecule has 0 saturated carbocycles. The summed E-state index contributed by atoms with van der Waals surface area (Å²) in [6.45, 7) is 4.00. The molecule has 0 aliphatic carbocycles. The molecule has 0 aliphatic heterocycles. The lowest BCUT2D eigenvalue weighted by Crippen LogP contribution is -2.22. The second-order valence-corrected chi connectivity index (χ2v) is 7.97. The average molecular weight is 452 g/mol. The van der Waals surface area contributed by atoms with Crippen LogP contribution >= 0.6 is 11.6 Å². The van der Waals surface area contributed by atoms with Gasteiger partial charge in [0.1, 0.15) is 11.5 Å². The second-order valence-electron chi connectivity index (χ2n) is 7.54. The first kappa shape index (κ1) is 21.5. The van der Waals surface area contributed by atoms with Crippen LogP contribution in [0.2, 0.25) is 5.02 Å². The van der Waals surface area contributed by atoms with Crippen LogP contribution in [0.3, 0.4) is 0 Å². The molecule has 1 amide bonds. The molecule has 0 radical (unpaired) electrons. The number of amides is 1. The van der Waals surface area contributed by atoms with E-state index in [0.29, 0.717) is 33.1 Å². The maximum absolute atomic E-state index is 14.4. The van der Waals surface area contributed by atoms with Gasteiger partial charge < -0.3 is 16.0 Å². The van der Waals surface area contributed by atoms with Gasteiger partial charge in [-0.05, 0) is 41.8 Å². The van der Waals surface area contributed by atoms with Gasteiger partial charge in [0.05, 0.1) is 22.3 Å². The number of benzene rings is 1. The highest BCUT2D eigenvalue weighted by Crippen LogP contribution is 2.35. The third kappa shape index (κ3) is 3.92. The van der Waals surface area contributed by atoms with Crippen molar-refractivity contribution in [3.05, 3.63) is 70.9 Å². The summed E-state index contributed by atoms with van der Waals surface area (Å²) in [7, 11) is 0. The average Bonchev–Trinajstić information content (AvgIpc) is 3.19.